The summed E-state index contributed by atoms with van der Waals surface area (Å²) in [6.45, 7) is 6.49. The standard InChI is InChI=1S/C20H37O3S3/c1-5-6-7-8-9-10-11-12-13-14-17-25-19(24)26-20(2,3)18(21)23-16-15-22-4/h4-17H2,1-3H3/q+1. The van der Waals surface area contributed by atoms with Crippen LogP contribution in [0.25, 0.3) is 0 Å². The van der Waals surface area contributed by atoms with Crippen LogP contribution in [0.1, 0.15) is 85.0 Å². The van der Waals surface area contributed by atoms with Gasteiger partial charge < -0.3 is 4.74 Å². The van der Waals surface area contributed by atoms with Crippen molar-refractivity contribution in [1.29, 1.82) is 0 Å². The van der Waals surface area contributed by atoms with Crippen molar-refractivity contribution in [3.63, 3.8) is 0 Å². The van der Waals surface area contributed by atoms with Crippen molar-refractivity contribution < 1.29 is 14.3 Å². The molecule has 0 aromatic heterocycles. The van der Waals surface area contributed by atoms with Gasteiger partial charge in [0, 0.05) is 0 Å². The molecule has 0 bridgehead atoms. The van der Waals surface area contributed by atoms with Crippen LogP contribution in [0.4, 0.5) is 0 Å². The van der Waals surface area contributed by atoms with Crippen molar-refractivity contribution in [3.05, 3.63) is 7.11 Å². The summed E-state index contributed by atoms with van der Waals surface area (Å²) in [6.07, 6.45) is 13.4. The first kappa shape index (κ1) is 26.1. The molecular weight excluding hydrogens is 384 g/mol. The number of carbonyl (C=O) groups is 1. The average molecular weight is 422 g/mol. The van der Waals surface area contributed by atoms with Gasteiger partial charge in [0.1, 0.15) is 21.5 Å². The average Bonchev–Trinajstić information content (AvgIpc) is 2.59. The zero-order chi connectivity index (χ0) is 19.7. The van der Waals surface area contributed by atoms with Crippen LogP contribution >= 0.6 is 35.7 Å². The van der Waals surface area contributed by atoms with Crippen molar-refractivity contribution in [3.8, 4) is 0 Å². The summed E-state index contributed by atoms with van der Waals surface area (Å²) in [6, 6.07) is 0. The van der Waals surface area contributed by atoms with Gasteiger partial charge in [-0.15, -0.1) is 11.8 Å². The molecule has 0 rings (SSSR count). The molecule has 0 fully saturated rings. The van der Waals surface area contributed by atoms with Crippen LogP contribution in [-0.2, 0) is 14.3 Å². The Bertz CT molecular complexity index is 373. The second-order valence-corrected chi connectivity index (χ2v) is 10.9. The Morgan fingerprint density at radius 1 is 0.962 bits per heavy atom. The third kappa shape index (κ3) is 15.2. The van der Waals surface area contributed by atoms with Crippen molar-refractivity contribution in [2.75, 3.05) is 19.0 Å². The maximum absolute atomic E-state index is 12.0. The maximum Gasteiger partial charge on any atom is 0.322 e. The summed E-state index contributed by atoms with van der Waals surface area (Å²) >= 11 is 8.50. The van der Waals surface area contributed by atoms with E-state index in [2.05, 4.69) is 18.8 Å². The summed E-state index contributed by atoms with van der Waals surface area (Å²) < 4.78 is 9.96. The number of carbonyl (C=O) groups excluding carboxylic acids is 1. The van der Waals surface area contributed by atoms with E-state index in [1.54, 1.807) is 11.8 Å². The Balaban J connectivity index is 3.62. The molecule has 0 aliphatic heterocycles. The maximum atomic E-state index is 12.0. The lowest BCUT2D eigenvalue weighted by atomic mass is 10.1. The van der Waals surface area contributed by atoms with Gasteiger partial charge in [-0.25, -0.2) is 0 Å². The molecule has 0 aliphatic carbocycles. The van der Waals surface area contributed by atoms with E-state index in [9.17, 15) is 4.79 Å². The molecule has 0 spiro atoms. The molecule has 6 heteroatoms. The Morgan fingerprint density at radius 3 is 2.04 bits per heavy atom. The van der Waals surface area contributed by atoms with Gasteiger partial charge >= 0.3 is 5.97 Å². The van der Waals surface area contributed by atoms with Crippen LogP contribution < -0.4 is 0 Å². The van der Waals surface area contributed by atoms with Gasteiger partial charge in [-0.3, -0.25) is 4.79 Å². The molecule has 0 aliphatic rings. The van der Waals surface area contributed by atoms with Gasteiger partial charge in [-0.05, 0) is 26.0 Å². The first-order chi connectivity index (χ1) is 12.4. The van der Waals surface area contributed by atoms with Gasteiger partial charge in [0.05, 0.1) is 0 Å². The van der Waals surface area contributed by atoms with E-state index in [0.717, 1.165) is 9.28 Å². The van der Waals surface area contributed by atoms with E-state index in [-0.39, 0.29) is 12.6 Å². The molecule has 0 unspecified atom stereocenters. The molecule has 0 amide bonds. The van der Waals surface area contributed by atoms with E-state index in [1.807, 2.05) is 13.8 Å². The van der Waals surface area contributed by atoms with Crippen LogP contribution in [0.3, 0.4) is 0 Å². The van der Waals surface area contributed by atoms with Crippen molar-refractivity contribution >= 4 is 45.2 Å². The lowest BCUT2D eigenvalue weighted by Gasteiger charge is -2.21. The zero-order valence-corrected chi connectivity index (χ0v) is 19.3. The molecule has 26 heavy (non-hydrogen) atoms. The first-order valence-electron chi connectivity index (χ1n) is 9.84. The minimum absolute atomic E-state index is 0.227. The van der Waals surface area contributed by atoms with E-state index < -0.39 is 4.75 Å². The quantitative estimate of drug-likeness (QED) is 0.118. The highest BCUT2D eigenvalue weighted by molar-refractivity contribution is 8.47. The Morgan fingerprint density at radius 2 is 1.50 bits per heavy atom. The van der Waals surface area contributed by atoms with Crippen molar-refractivity contribution in [1.82, 2.24) is 0 Å². The topological polar surface area (TPSA) is 35.5 Å². The van der Waals surface area contributed by atoms with Gasteiger partial charge in [0.2, 0.25) is 7.11 Å². The molecule has 0 atom stereocenters. The smallest absolute Gasteiger partial charge is 0.322 e. The van der Waals surface area contributed by atoms with Gasteiger partial charge in [0.25, 0.3) is 0 Å². The van der Waals surface area contributed by atoms with E-state index >= 15 is 0 Å². The highest BCUT2D eigenvalue weighted by Crippen LogP contribution is 2.32. The second-order valence-electron chi connectivity index (χ2n) is 6.94. The fourth-order valence-electron chi connectivity index (χ4n) is 2.39. The molecular formula is C20H37O3S3+. The van der Waals surface area contributed by atoms with Crippen molar-refractivity contribution in [2.45, 2.75) is 89.7 Å². The second kappa shape index (κ2) is 17.2. The molecule has 0 N–H and O–H groups in total. The highest BCUT2D eigenvalue weighted by Gasteiger charge is 2.31. The fraction of sp³-hybridized carbons (Fsp3) is 0.850. The predicted molar refractivity (Wildman–Crippen MR) is 121 cm³/mol. The molecule has 0 heterocycles. The van der Waals surface area contributed by atoms with Gasteiger partial charge in [-0.1, -0.05) is 88.7 Å². The number of unbranched alkanes of at least 4 members (excludes halogenated alkanes) is 9. The minimum atomic E-state index is -0.664. The van der Waals surface area contributed by atoms with E-state index in [4.69, 9.17) is 17.0 Å². The molecule has 0 radical (unpaired) electrons. The van der Waals surface area contributed by atoms with Crippen LogP contribution in [0.2, 0.25) is 0 Å². The monoisotopic (exact) mass is 421 g/mol. The normalized spacial score (nSPS) is 11.5. The highest BCUT2D eigenvalue weighted by atomic mass is 32.2. The Kier molecular flexibility index (Phi) is 17.3. The molecule has 3 nitrogen and oxygen atoms in total. The number of ether oxygens (including phenoxy) is 2. The third-order valence-corrected chi connectivity index (χ3v) is 6.79. The largest absolute Gasteiger partial charge is 0.462 e. The third-order valence-electron chi connectivity index (χ3n) is 4.01. The van der Waals surface area contributed by atoms with Crippen LogP contribution in [0, 0.1) is 7.11 Å². The Labute approximate surface area is 175 Å². The summed E-state index contributed by atoms with van der Waals surface area (Å²) in [5.74, 6) is 0.768. The van der Waals surface area contributed by atoms with E-state index in [1.165, 1.54) is 76.0 Å². The Hall–Kier alpha value is 0.0900. The van der Waals surface area contributed by atoms with Gasteiger partial charge in [0.15, 0.2) is 0 Å². The summed E-state index contributed by atoms with van der Waals surface area (Å²) in [4.78, 5) is 12.0. The molecule has 0 aromatic rings. The molecule has 0 saturated heterocycles. The number of esters is 1. The summed E-state index contributed by atoms with van der Waals surface area (Å²) in [7, 11) is 3.25. The zero-order valence-electron chi connectivity index (χ0n) is 16.8. The molecule has 0 saturated carbocycles. The predicted octanol–water partition coefficient (Wildman–Crippen LogP) is 6.79. The fourth-order valence-corrected chi connectivity index (χ4v) is 5.45. The van der Waals surface area contributed by atoms with Crippen LogP contribution in [-0.4, -0.2) is 33.2 Å². The summed E-state index contributed by atoms with van der Waals surface area (Å²) in [5, 5.41) is 0. The number of hydrogen-bond acceptors (Lipinski definition) is 6. The number of thiocarbonyl (C=S) groups is 1. The molecule has 152 valence electrons. The van der Waals surface area contributed by atoms with E-state index in [0.29, 0.717) is 6.61 Å². The first-order valence-corrected chi connectivity index (χ1v) is 12.0. The van der Waals surface area contributed by atoms with Crippen LogP contribution in [0.5, 0.6) is 0 Å². The molecule has 0 aromatic carbocycles. The number of hydrogen-bond donors (Lipinski definition) is 0. The van der Waals surface area contributed by atoms with Gasteiger partial charge in [-0.2, -0.15) is 4.74 Å². The van der Waals surface area contributed by atoms with Crippen LogP contribution in [0.15, 0.2) is 0 Å². The lowest BCUT2D eigenvalue weighted by molar-refractivity contribution is -0.146. The SMILES string of the molecule is [CH2+]OCCOC(=O)C(C)(C)SC(=S)SCCCCCCCCCCCC. The minimum Gasteiger partial charge on any atom is -0.462 e. The number of rotatable bonds is 16. The lowest BCUT2D eigenvalue weighted by Crippen LogP contribution is -2.31. The van der Waals surface area contributed by atoms with Crippen molar-refractivity contribution in [2.24, 2.45) is 0 Å². The number of thioether (sulfide) groups is 2. The summed E-state index contributed by atoms with van der Waals surface area (Å²) in [5.41, 5.74) is 0.